The average molecular weight is 332 g/mol. The van der Waals surface area contributed by atoms with E-state index in [-0.39, 0.29) is 25.0 Å². The molecule has 3 amide bonds. The Morgan fingerprint density at radius 2 is 1.52 bits per heavy atom. The van der Waals surface area contributed by atoms with Gasteiger partial charge in [-0.2, -0.15) is 5.10 Å². The second-order valence-corrected chi connectivity index (χ2v) is 5.81. The summed E-state index contributed by atoms with van der Waals surface area (Å²) in [5, 5.41) is 4.31. The summed E-state index contributed by atoms with van der Waals surface area (Å²) in [6, 6.07) is 18.6. The van der Waals surface area contributed by atoms with E-state index in [1.807, 2.05) is 66.9 Å². The Kier molecular flexibility index (Phi) is 3.78. The van der Waals surface area contributed by atoms with E-state index in [9.17, 15) is 9.59 Å². The summed E-state index contributed by atoms with van der Waals surface area (Å²) in [5.41, 5.74) is 2.46. The van der Waals surface area contributed by atoms with E-state index in [0.717, 1.165) is 16.9 Å². The zero-order valence-corrected chi connectivity index (χ0v) is 13.4. The highest BCUT2D eigenvalue weighted by atomic mass is 16.2. The molecule has 6 nitrogen and oxygen atoms in total. The second-order valence-electron chi connectivity index (χ2n) is 5.81. The molecule has 1 fully saturated rings. The van der Waals surface area contributed by atoms with Crippen LogP contribution < -0.4 is 4.90 Å². The predicted molar refractivity (Wildman–Crippen MR) is 93.3 cm³/mol. The van der Waals surface area contributed by atoms with Gasteiger partial charge in [-0.3, -0.25) is 14.6 Å². The van der Waals surface area contributed by atoms with Crippen molar-refractivity contribution in [3.05, 3.63) is 78.6 Å². The number of benzene rings is 2. The van der Waals surface area contributed by atoms with Crippen LogP contribution in [-0.4, -0.2) is 33.2 Å². The van der Waals surface area contributed by atoms with Crippen molar-refractivity contribution in [3.8, 4) is 5.69 Å². The smallest absolute Gasteiger partial charge is 0.285 e. The molecule has 124 valence electrons. The summed E-state index contributed by atoms with van der Waals surface area (Å²) in [6.07, 6.45) is 3.51. The quantitative estimate of drug-likeness (QED) is 0.690. The number of carbonyl (C=O) groups is 2. The van der Waals surface area contributed by atoms with Crippen LogP contribution in [0.25, 0.3) is 5.69 Å². The van der Waals surface area contributed by atoms with E-state index < -0.39 is 0 Å². The molecular formula is C19H16N4O2. The molecule has 0 atom stereocenters. The van der Waals surface area contributed by atoms with Gasteiger partial charge in [0.25, 0.3) is 5.91 Å². The molecule has 2 aromatic carbocycles. The van der Waals surface area contributed by atoms with Crippen LogP contribution in [0.1, 0.15) is 5.56 Å². The molecule has 0 radical (unpaired) electrons. The SMILES string of the molecule is O=C1CN(c2ccccc2)C(=O)N1Cc1cnn(-c2ccccc2)c1. The third kappa shape index (κ3) is 2.89. The van der Waals surface area contributed by atoms with Gasteiger partial charge in [-0.25, -0.2) is 9.48 Å². The van der Waals surface area contributed by atoms with Crippen LogP contribution in [-0.2, 0) is 11.3 Å². The molecule has 1 aliphatic rings. The fourth-order valence-corrected chi connectivity index (χ4v) is 2.85. The molecular weight excluding hydrogens is 316 g/mol. The van der Waals surface area contributed by atoms with Crippen molar-refractivity contribution in [2.45, 2.75) is 6.54 Å². The lowest BCUT2D eigenvalue weighted by Crippen LogP contribution is -2.32. The second kappa shape index (κ2) is 6.24. The van der Waals surface area contributed by atoms with Gasteiger partial charge in [0.05, 0.1) is 18.4 Å². The summed E-state index contributed by atoms with van der Waals surface area (Å²) in [7, 11) is 0. The standard InChI is InChI=1S/C19H16N4O2/c24-18-14-21(16-7-3-1-4-8-16)19(25)22(18)12-15-11-20-23(13-15)17-9-5-2-6-10-17/h1-11,13H,12,14H2. The first-order valence-electron chi connectivity index (χ1n) is 7.98. The van der Waals surface area contributed by atoms with Crippen molar-refractivity contribution < 1.29 is 9.59 Å². The third-order valence-electron chi connectivity index (χ3n) is 4.12. The van der Waals surface area contributed by atoms with E-state index in [1.54, 1.807) is 10.9 Å². The van der Waals surface area contributed by atoms with Gasteiger partial charge in [0.15, 0.2) is 0 Å². The molecule has 0 spiro atoms. The van der Waals surface area contributed by atoms with Crippen molar-refractivity contribution in [1.82, 2.24) is 14.7 Å². The van der Waals surface area contributed by atoms with Crippen LogP contribution in [0.15, 0.2) is 73.1 Å². The Morgan fingerprint density at radius 3 is 2.20 bits per heavy atom. The van der Waals surface area contributed by atoms with E-state index in [0.29, 0.717) is 0 Å². The van der Waals surface area contributed by atoms with Gasteiger partial charge in [0, 0.05) is 17.4 Å². The predicted octanol–water partition coefficient (Wildman–Crippen LogP) is 2.84. The Bertz CT molecular complexity index is 905. The van der Waals surface area contributed by atoms with Crippen LogP contribution in [0.2, 0.25) is 0 Å². The lowest BCUT2D eigenvalue weighted by Gasteiger charge is -2.16. The van der Waals surface area contributed by atoms with Crippen molar-refractivity contribution in [2.24, 2.45) is 0 Å². The van der Waals surface area contributed by atoms with Gasteiger partial charge in [-0.1, -0.05) is 36.4 Å². The number of hydrogen-bond acceptors (Lipinski definition) is 3. The van der Waals surface area contributed by atoms with E-state index in [1.165, 1.54) is 9.80 Å². The molecule has 1 saturated heterocycles. The molecule has 25 heavy (non-hydrogen) atoms. The van der Waals surface area contributed by atoms with Crippen molar-refractivity contribution >= 4 is 17.6 Å². The topological polar surface area (TPSA) is 58.4 Å². The largest absolute Gasteiger partial charge is 0.332 e. The van der Waals surface area contributed by atoms with Gasteiger partial charge < -0.3 is 0 Å². The van der Waals surface area contributed by atoms with E-state index in [4.69, 9.17) is 0 Å². The highest BCUT2D eigenvalue weighted by Gasteiger charge is 2.36. The summed E-state index contributed by atoms with van der Waals surface area (Å²) in [4.78, 5) is 27.6. The first kappa shape index (κ1) is 15.1. The summed E-state index contributed by atoms with van der Waals surface area (Å²) in [5.74, 6) is -0.207. The zero-order chi connectivity index (χ0) is 17.2. The molecule has 0 unspecified atom stereocenters. The van der Waals surface area contributed by atoms with Crippen molar-refractivity contribution in [3.63, 3.8) is 0 Å². The molecule has 1 aliphatic heterocycles. The molecule has 0 saturated carbocycles. The number of rotatable bonds is 4. The number of imide groups is 1. The van der Waals surface area contributed by atoms with Crippen molar-refractivity contribution in [1.29, 1.82) is 0 Å². The summed E-state index contributed by atoms with van der Waals surface area (Å²) < 4.78 is 1.73. The van der Waals surface area contributed by atoms with Crippen LogP contribution in [0.3, 0.4) is 0 Å². The minimum Gasteiger partial charge on any atom is -0.285 e. The number of amides is 3. The van der Waals surface area contributed by atoms with Gasteiger partial charge in [-0.05, 0) is 24.3 Å². The monoisotopic (exact) mass is 332 g/mol. The fourth-order valence-electron chi connectivity index (χ4n) is 2.85. The molecule has 0 bridgehead atoms. The van der Waals surface area contributed by atoms with Crippen LogP contribution >= 0.6 is 0 Å². The third-order valence-corrected chi connectivity index (χ3v) is 4.12. The number of para-hydroxylation sites is 2. The molecule has 0 aliphatic carbocycles. The highest BCUT2D eigenvalue weighted by molar-refractivity contribution is 6.12. The Morgan fingerprint density at radius 1 is 0.880 bits per heavy atom. The van der Waals surface area contributed by atoms with Crippen LogP contribution in [0.4, 0.5) is 10.5 Å². The molecule has 2 heterocycles. The number of carbonyl (C=O) groups excluding carboxylic acids is 2. The molecule has 6 heteroatoms. The molecule has 1 aromatic heterocycles. The van der Waals surface area contributed by atoms with Gasteiger partial charge in [-0.15, -0.1) is 0 Å². The Balaban J connectivity index is 1.52. The van der Waals surface area contributed by atoms with E-state index >= 15 is 0 Å². The van der Waals surface area contributed by atoms with Gasteiger partial charge >= 0.3 is 6.03 Å². The van der Waals surface area contributed by atoms with Crippen LogP contribution in [0.5, 0.6) is 0 Å². The Hall–Kier alpha value is -3.41. The van der Waals surface area contributed by atoms with E-state index in [2.05, 4.69) is 5.10 Å². The maximum absolute atomic E-state index is 12.6. The number of aromatic nitrogens is 2. The number of urea groups is 1. The maximum Gasteiger partial charge on any atom is 0.332 e. The zero-order valence-electron chi connectivity index (χ0n) is 13.4. The molecule has 4 rings (SSSR count). The number of nitrogens with zero attached hydrogens (tertiary/aromatic N) is 4. The minimum atomic E-state index is -0.302. The molecule has 3 aromatic rings. The van der Waals surface area contributed by atoms with Crippen LogP contribution in [0, 0.1) is 0 Å². The maximum atomic E-state index is 12.6. The summed E-state index contributed by atoms with van der Waals surface area (Å²) >= 11 is 0. The van der Waals surface area contributed by atoms with Gasteiger partial charge in [0.2, 0.25) is 0 Å². The number of anilines is 1. The first-order valence-corrected chi connectivity index (χ1v) is 7.98. The normalized spacial score (nSPS) is 14.4. The lowest BCUT2D eigenvalue weighted by molar-refractivity contribution is -0.125. The van der Waals surface area contributed by atoms with Gasteiger partial charge in [0.1, 0.15) is 6.54 Å². The minimum absolute atomic E-state index is 0.0651. The fraction of sp³-hybridized carbons (Fsp3) is 0.105. The number of hydrogen-bond donors (Lipinski definition) is 0. The van der Waals surface area contributed by atoms with Crippen molar-refractivity contribution in [2.75, 3.05) is 11.4 Å². The first-order chi connectivity index (χ1) is 12.2. The molecule has 0 N–H and O–H groups in total. The lowest BCUT2D eigenvalue weighted by atomic mass is 10.3. The average Bonchev–Trinajstić information content (AvgIpc) is 3.23. The highest BCUT2D eigenvalue weighted by Crippen LogP contribution is 2.22. The summed E-state index contributed by atoms with van der Waals surface area (Å²) in [6.45, 7) is 0.281. The Labute approximate surface area is 144 Å².